The molecule has 1 aromatic rings. The van der Waals surface area contributed by atoms with Crippen molar-refractivity contribution in [2.24, 2.45) is 0 Å². The first-order chi connectivity index (χ1) is 8.71. The third-order valence-corrected chi connectivity index (χ3v) is 3.26. The van der Waals surface area contributed by atoms with Gasteiger partial charge in [0.05, 0.1) is 11.6 Å². The van der Waals surface area contributed by atoms with Crippen LogP contribution in [0.2, 0.25) is 0 Å². The van der Waals surface area contributed by atoms with Gasteiger partial charge in [-0.25, -0.2) is 0 Å². The van der Waals surface area contributed by atoms with Crippen LogP contribution in [-0.2, 0) is 6.54 Å². The van der Waals surface area contributed by atoms with Crippen LogP contribution in [0.15, 0.2) is 24.3 Å². The fourth-order valence-electron chi connectivity index (χ4n) is 2.15. The molecule has 1 atom stereocenters. The smallest absolute Gasteiger partial charge is 0.0991 e. The highest BCUT2D eigenvalue weighted by atomic mass is 15.2. The highest BCUT2D eigenvalue weighted by molar-refractivity contribution is 5.32. The fraction of sp³-hybridized carbons (Fsp3) is 0.533. The Labute approximate surface area is 110 Å². The van der Waals surface area contributed by atoms with Gasteiger partial charge in [0.2, 0.25) is 0 Å². The molecule has 3 heteroatoms. The molecule has 0 fully saturated rings. The number of benzene rings is 1. The number of rotatable bonds is 7. The minimum absolute atomic E-state index is 0.541. The molecule has 1 aromatic carbocycles. The van der Waals surface area contributed by atoms with Crippen LogP contribution in [0, 0.1) is 11.3 Å². The Kier molecular flexibility index (Phi) is 6.42. The summed E-state index contributed by atoms with van der Waals surface area (Å²) in [4.78, 5) is 2.43. The van der Waals surface area contributed by atoms with Gasteiger partial charge in [0.25, 0.3) is 0 Å². The summed E-state index contributed by atoms with van der Waals surface area (Å²) in [6, 6.07) is 10.5. The molecule has 0 saturated carbocycles. The van der Waals surface area contributed by atoms with Gasteiger partial charge in [-0.2, -0.15) is 5.26 Å². The third-order valence-electron chi connectivity index (χ3n) is 3.26. The van der Waals surface area contributed by atoms with Crippen molar-refractivity contribution in [3.63, 3.8) is 0 Å². The van der Waals surface area contributed by atoms with Crippen LogP contribution in [0.25, 0.3) is 0 Å². The van der Waals surface area contributed by atoms with Crippen LogP contribution in [0.3, 0.4) is 0 Å². The monoisotopic (exact) mass is 245 g/mol. The summed E-state index contributed by atoms with van der Waals surface area (Å²) < 4.78 is 0. The van der Waals surface area contributed by atoms with Gasteiger partial charge in [0.15, 0.2) is 0 Å². The van der Waals surface area contributed by atoms with Gasteiger partial charge >= 0.3 is 0 Å². The molecule has 0 aliphatic carbocycles. The lowest BCUT2D eigenvalue weighted by Gasteiger charge is -2.26. The third kappa shape index (κ3) is 4.48. The molecule has 0 amide bonds. The molecule has 0 heterocycles. The van der Waals surface area contributed by atoms with Gasteiger partial charge in [0.1, 0.15) is 0 Å². The molecule has 0 saturated heterocycles. The topological polar surface area (TPSA) is 39.1 Å². The van der Waals surface area contributed by atoms with Gasteiger partial charge in [-0.05, 0) is 37.7 Å². The molecule has 0 spiro atoms. The van der Waals surface area contributed by atoms with Crippen LogP contribution in [0.1, 0.15) is 31.9 Å². The second kappa shape index (κ2) is 7.86. The predicted molar refractivity (Wildman–Crippen MR) is 75.2 cm³/mol. The first kappa shape index (κ1) is 14.7. The van der Waals surface area contributed by atoms with Crippen molar-refractivity contribution in [1.82, 2.24) is 10.2 Å². The summed E-state index contributed by atoms with van der Waals surface area (Å²) in [6.45, 7) is 10.6. The molecule has 0 aliphatic rings. The Bertz CT molecular complexity index is 391. The molecule has 0 aromatic heterocycles. The van der Waals surface area contributed by atoms with E-state index in [0.717, 1.165) is 31.7 Å². The van der Waals surface area contributed by atoms with E-state index in [-0.39, 0.29) is 0 Å². The minimum atomic E-state index is 0.541. The first-order valence-corrected chi connectivity index (χ1v) is 6.65. The fourth-order valence-corrected chi connectivity index (χ4v) is 2.15. The molecular weight excluding hydrogens is 222 g/mol. The number of hydrogen-bond donors (Lipinski definition) is 1. The Morgan fingerprint density at radius 3 is 2.67 bits per heavy atom. The highest BCUT2D eigenvalue weighted by Gasteiger charge is 2.08. The average molecular weight is 245 g/mol. The van der Waals surface area contributed by atoms with Crippen molar-refractivity contribution in [2.75, 3.05) is 19.6 Å². The summed E-state index contributed by atoms with van der Waals surface area (Å²) in [7, 11) is 0. The second-order valence-electron chi connectivity index (χ2n) is 4.51. The summed E-state index contributed by atoms with van der Waals surface area (Å²) in [6.07, 6.45) is 0. The maximum Gasteiger partial charge on any atom is 0.0991 e. The molecule has 1 unspecified atom stereocenters. The predicted octanol–water partition coefficient (Wildman–Crippen LogP) is 2.38. The largest absolute Gasteiger partial charge is 0.311 e. The van der Waals surface area contributed by atoms with E-state index in [9.17, 15) is 0 Å². The molecule has 18 heavy (non-hydrogen) atoms. The Morgan fingerprint density at radius 1 is 1.33 bits per heavy atom. The van der Waals surface area contributed by atoms with Crippen molar-refractivity contribution in [2.45, 2.75) is 33.4 Å². The maximum atomic E-state index is 8.84. The SMILES string of the molecule is CCN(CC)C(C)CNCc1cccc(C#N)c1. The summed E-state index contributed by atoms with van der Waals surface area (Å²) in [5, 5.41) is 12.3. The molecule has 3 nitrogen and oxygen atoms in total. The molecule has 98 valence electrons. The van der Waals surface area contributed by atoms with Crippen LogP contribution in [0.5, 0.6) is 0 Å². The number of likely N-dealkylation sites (N-methyl/N-ethyl adjacent to an activating group) is 1. The quantitative estimate of drug-likeness (QED) is 0.801. The zero-order valence-corrected chi connectivity index (χ0v) is 11.6. The van der Waals surface area contributed by atoms with Crippen LogP contribution < -0.4 is 5.32 Å². The Hall–Kier alpha value is -1.37. The van der Waals surface area contributed by atoms with Gasteiger partial charge in [-0.15, -0.1) is 0 Å². The normalized spacial score (nSPS) is 12.4. The lowest BCUT2D eigenvalue weighted by atomic mass is 10.1. The zero-order chi connectivity index (χ0) is 13.4. The lowest BCUT2D eigenvalue weighted by Crippen LogP contribution is -2.39. The van der Waals surface area contributed by atoms with E-state index in [2.05, 4.69) is 43.1 Å². The standard InChI is InChI=1S/C15H23N3/c1-4-18(5-2)13(3)11-17-12-15-8-6-7-14(9-15)10-16/h6-9,13,17H,4-5,11-12H2,1-3H3. The number of nitriles is 1. The van der Waals surface area contributed by atoms with E-state index in [0.29, 0.717) is 6.04 Å². The van der Waals surface area contributed by atoms with Crippen molar-refractivity contribution >= 4 is 0 Å². The Morgan fingerprint density at radius 2 is 2.06 bits per heavy atom. The van der Waals surface area contributed by atoms with Crippen LogP contribution in [-0.4, -0.2) is 30.6 Å². The lowest BCUT2D eigenvalue weighted by molar-refractivity contribution is 0.225. The molecule has 0 aliphatic heterocycles. The first-order valence-electron chi connectivity index (χ1n) is 6.65. The highest BCUT2D eigenvalue weighted by Crippen LogP contribution is 2.04. The zero-order valence-electron chi connectivity index (χ0n) is 11.6. The van der Waals surface area contributed by atoms with Crippen molar-refractivity contribution in [3.05, 3.63) is 35.4 Å². The van der Waals surface area contributed by atoms with Crippen LogP contribution >= 0.6 is 0 Å². The molecule has 0 bridgehead atoms. The Balaban J connectivity index is 2.39. The van der Waals surface area contributed by atoms with E-state index in [1.54, 1.807) is 0 Å². The van der Waals surface area contributed by atoms with E-state index >= 15 is 0 Å². The molecule has 1 rings (SSSR count). The van der Waals surface area contributed by atoms with Gasteiger partial charge < -0.3 is 5.32 Å². The molecule has 1 N–H and O–H groups in total. The van der Waals surface area contributed by atoms with Gasteiger partial charge in [-0.3, -0.25) is 4.90 Å². The van der Waals surface area contributed by atoms with Gasteiger partial charge in [0, 0.05) is 19.1 Å². The van der Waals surface area contributed by atoms with Crippen LogP contribution in [0.4, 0.5) is 0 Å². The van der Waals surface area contributed by atoms with E-state index < -0.39 is 0 Å². The minimum Gasteiger partial charge on any atom is -0.311 e. The average Bonchev–Trinajstić information content (AvgIpc) is 2.40. The number of nitrogens with zero attached hydrogens (tertiary/aromatic N) is 2. The van der Waals surface area contributed by atoms with Crippen molar-refractivity contribution in [3.8, 4) is 6.07 Å². The van der Waals surface area contributed by atoms with E-state index in [1.165, 1.54) is 5.56 Å². The second-order valence-corrected chi connectivity index (χ2v) is 4.51. The summed E-state index contributed by atoms with van der Waals surface area (Å²) >= 11 is 0. The maximum absolute atomic E-state index is 8.84. The number of nitrogens with one attached hydrogen (secondary N) is 1. The summed E-state index contributed by atoms with van der Waals surface area (Å²) in [5.41, 5.74) is 1.90. The van der Waals surface area contributed by atoms with Crippen molar-refractivity contribution in [1.29, 1.82) is 5.26 Å². The van der Waals surface area contributed by atoms with Gasteiger partial charge in [-0.1, -0.05) is 26.0 Å². The molecular formula is C15H23N3. The molecule has 0 radical (unpaired) electrons. The summed E-state index contributed by atoms with van der Waals surface area (Å²) in [5.74, 6) is 0. The van der Waals surface area contributed by atoms with Crippen molar-refractivity contribution < 1.29 is 0 Å². The number of hydrogen-bond acceptors (Lipinski definition) is 3. The van der Waals surface area contributed by atoms with E-state index in [1.807, 2.05) is 18.2 Å². The van der Waals surface area contributed by atoms with E-state index in [4.69, 9.17) is 5.26 Å².